The first kappa shape index (κ1) is 14.4. The molecule has 3 heterocycles. The molecule has 0 radical (unpaired) electrons. The van der Waals surface area contributed by atoms with Crippen LogP contribution in [-0.4, -0.2) is 29.1 Å². The third kappa shape index (κ3) is 2.54. The van der Waals surface area contributed by atoms with E-state index in [1.807, 2.05) is 41.8 Å². The monoisotopic (exact) mass is 327 g/mol. The van der Waals surface area contributed by atoms with Crippen LogP contribution in [-0.2, 0) is 14.9 Å². The van der Waals surface area contributed by atoms with Crippen LogP contribution in [0.1, 0.15) is 17.7 Å². The Hall–Kier alpha value is -2.18. The summed E-state index contributed by atoms with van der Waals surface area (Å²) in [4.78, 5) is 21.7. The van der Waals surface area contributed by atoms with E-state index in [9.17, 15) is 4.79 Å². The zero-order chi connectivity index (χ0) is 15.7. The van der Waals surface area contributed by atoms with Crippen molar-refractivity contribution in [1.82, 2.24) is 9.97 Å². The lowest BCUT2D eigenvalue weighted by atomic mass is 9.78. The summed E-state index contributed by atoms with van der Waals surface area (Å²) in [6.07, 6.45) is 1.39. The van der Waals surface area contributed by atoms with Crippen LogP contribution < -0.4 is 5.32 Å². The number of aromatic amines is 1. The van der Waals surface area contributed by atoms with E-state index in [-0.39, 0.29) is 5.91 Å². The Bertz CT molecular complexity index is 786. The number of nitrogens with one attached hydrogen (secondary N) is 2. The van der Waals surface area contributed by atoms with Gasteiger partial charge in [-0.1, -0.05) is 18.2 Å². The summed E-state index contributed by atoms with van der Waals surface area (Å²) in [7, 11) is 0. The van der Waals surface area contributed by atoms with Crippen LogP contribution in [0.2, 0.25) is 0 Å². The molecule has 1 aliphatic heterocycles. The Morgan fingerprint density at radius 2 is 2.04 bits per heavy atom. The van der Waals surface area contributed by atoms with E-state index in [0.717, 1.165) is 15.9 Å². The van der Waals surface area contributed by atoms with Crippen molar-refractivity contribution in [3.8, 4) is 0 Å². The number of imidazole rings is 1. The lowest BCUT2D eigenvalue weighted by molar-refractivity contribution is -0.125. The molecule has 1 fully saturated rings. The highest BCUT2D eigenvalue weighted by atomic mass is 32.1. The Morgan fingerprint density at radius 1 is 1.22 bits per heavy atom. The number of rotatable bonds is 3. The van der Waals surface area contributed by atoms with Gasteiger partial charge >= 0.3 is 0 Å². The molecule has 0 unspecified atom stereocenters. The van der Waals surface area contributed by atoms with Gasteiger partial charge in [-0.25, -0.2) is 4.98 Å². The van der Waals surface area contributed by atoms with Crippen molar-refractivity contribution >= 4 is 34.2 Å². The van der Waals surface area contributed by atoms with Crippen LogP contribution >= 0.6 is 11.3 Å². The predicted molar refractivity (Wildman–Crippen MR) is 90.8 cm³/mol. The van der Waals surface area contributed by atoms with Crippen LogP contribution in [0.25, 0.3) is 11.0 Å². The highest BCUT2D eigenvalue weighted by Gasteiger charge is 2.42. The third-order valence-corrected chi connectivity index (χ3v) is 5.47. The first-order valence-corrected chi connectivity index (χ1v) is 8.54. The van der Waals surface area contributed by atoms with Crippen molar-refractivity contribution in [2.45, 2.75) is 18.3 Å². The number of H-pyrrole nitrogens is 1. The fourth-order valence-corrected chi connectivity index (χ4v) is 4.08. The molecule has 1 aliphatic rings. The number of hydrogen-bond donors (Lipinski definition) is 2. The maximum Gasteiger partial charge on any atom is 0.238 e. The number of ether oxygens (including phenoxy) is 1. The van der Waals surface area contributed by atoms with Crippen molar-refractivity contribution in [3.63, 3.8) is 0 Å². The van der Waals surface area contributed by atoms with E-state index in [0.29, 0.717) is 32.0 Å². The minimum atomic E-state index is -0.522. The summed E-state index contributed by atoms with van der Waals surface area (Å²) in [5.41, 5.74) is 1.24. The quantitative estimate of drug-likeness (QED) is 0.775. The van der Waals surface area contributed by atoms with Crippen molar-refractivity contribution in [3.05, 3.63) is 46.7 Å². The largest absolute Gasteiger partial charge is 0.381 e. The molecule has 6 heteroatoms. The van der Waals surface area contributed by atoms with Crippen molar-refractivity contribution in [1.29, 1.82) is 0 Å². The fraction of sp³-hybridized carbons (Fsp3) is 0.294. The molecule has 0 spiro atoms. The Balaban J connectivity index is 1.65. The molecule has 1 aromatic carbocycles. The molecular weight excluding hydrogens is 310 g/mol. The molecule has 0 aliphatic carbocycles. The molecule has 2 aromatic heterocycles. The first-order valence-electron chi connectivity index (χ1n) is 7.66. The molecule has 0 saturated carbocycles. The SMILES string of the molecule is O=C(Nc1nc2ccccc2[nH]1)C1(c2cccs2)CCOCC1. The lowest BCUT2D eigenvalue weighted by Crippen LogP contribution is -2.44. The number of benzene rings is 1. The van der Waals surface area contributed by atoms with Gasteiger partial charge in [-0.15, -0.1) is 11.3 Å². The molecule has 5 nitrogen and oxygen atoms in total. The van der Waals surface area contributed by atoms with Crippen LogP contribution in [0, 0.1) is 0 Å². The third-order valence-electron chi connectivity index (χ3n) is 4.40. The number of carbonyl (C=O) groups is 1. The molecule has 1 amide bonds. The molecular formula is C17H17N3O2S. The molecule has 4 rings (SSSR count). The van der Waals surface area contributed by atoms with Gasteiger partial charge in [0.2, 0.25) is 11.9 Å². The second-order valence-electron chi connectivity index (χ2n) is 5.73. The summed E-state index contributed by atoms with van der Waals surface area (Å²) < 4.78 is 5.47. The normalized spacial score (nSPS) is 17.2. The lowest BCUT2D eigenvalue weighted by Gasteiger charge is -2.34. The summed E-state index contributed by atoms with van der Waals surface area (Å²) >= 11 is 1.63. The molecule has 0 atom stereocenters. The summed E-state index contributed by atoms with van der Waals surface area (Å²) in [6, 6.07) is 11.8. The van der Waals surface area contributed by atoms with Crippen LogP contribution in [0.15, 0.2) is 41.8 Å². The van der Waals surface area contributed by atoms with E-state index < -0.39 is 5.41 Å². The molecule has 1 saturated heterocycles. The van der Waals surface area contributed by atoms with Crippen molar-refractivity contribution < 1.29 is 9.53 Å². The zero-order valence-corrected chi connectivity index (χ0v) is 13.4. The average Bonchev–Trinajstić information content (AvgIpc) is 3.24. The van der Waals surface area contributed by atoms with Gasteiger partial charge in [0.15, 0.2) is 0 Å². The maximum absolute atomic E-state index is 13.0. The van der Waals surface area contributed by atoms with Crippen LogP contribution in [0.4, 0.5) is 5.95 Å². The summed E-state index contributed by atoms with van der Waals surface area (Å²) in [5.74, 6) is 0.487. The van der Waals surface area contributed by atoms with Gasteiger partial charge in [-0.2, -0.15) is 0 Å². The number of amides is 1. The van der Waals surface area contributed by atoms with Gasteiger partial charge < -0.3 is 9.72 Å². The van der Waals surface area contributed by atoms with E-state index >= 15 is 0 Å². The number of hydrogen-bond acceptors (Lipinski definition) is 4. The van der Waals surface area contributed by atoms with Gasteiger partial charge in [0, 0.05) is 18.1 Å². The van der Waals surface area contributed by atoms with Crippen molar-refractivity contribution in [2.24, 2.45) is 0 Å². The number of aromatic nitrogens is 2. The van der Waals surface area contributed by atoms with E-state index in [1.54, 1.807) is 11.3 Å². The predicted octanol–water partition coefficient (Wildman–Crippen LogP) is 3.31. The minimum Gasteiger partial charge on any atom is -0.381 e. The molecule has 3 aromatic rings. The van der Waals surface area contributed by atoms with Gasteiger partial charge in [0.05, 0.1) is 16.4 Å². The Morgan fingerprint density at radius 3 is 2.78 bits per heavy atom. The smallest absolute Gasteiger partial charge is 0.238 e. The van der Waals surface area contributed by atoms with E-state index in [1.165, 1.54) is 0 Å². The number of para-hydroxylation sites is 2. The van der Waals surface area contributed by atoms with Gasteiger partial charge in [-0.3, -0.25) is 10.1 Å². The first-order chi connectivity index (χ1) is 11.3. The topological polar surface area (TPSA) is 67.0 Å². The number of anilines is 1. The zero-order valence-electron chi connectivity index (χ0n) is 12.5. The maximum atomic E-state index is 13.0. The fourth-order valence-electron chi connectivity index (χ4n) is 3.10. The number of carbonyl (C=O) groups excluding carboxylic acids is 1. The number of thiophene rings is 1. The number of fused-ring (bicyclic) bond motifs is 1. The van der Waals surface area contributed by atoms with E-state index in [4.69, 9.17) is 4.74 Å². The summed E-state index contributed by atoms with van der Waals surface area (Å²) in [5, 5.41) is 4.99. The highest BCUT2D eigenvalue weighted by Crippen LogP contribution is 2.38. The second kappa shape index (κ2) is 5.79. The standard InChI is InChI=1S/C17H17N3O2S/c21-15(20-16-18-12-4-1-2-5-13(12)19-16)17(7-9-22-10-8-17)14-6-3-11-23-14/h1-6,11H,7-10H2,(H2,18,19,20,21). The second-order valence-corrected chi connectivity index (χ2v) is 6.68. The number of nitrogens with zero attached hydrogens (tertiary/aromatic N) is 1. The van der Waals surface area contributed by atoms with E-state index in [2.05, 4.69) is 15.3 Å². The molecule has 0 bridgehead atoms. The van der Waals surface area contributed by atoms with Gasteiger partial charge in [0.1, 0.15) is 0 Å². The Labute approximate surface area is 137 Å². The molecule has 118 valence electrons. The summed E-state index contributed by atoms with van der Waals surface area (Å²) in [6.45, 7) is 1.21. The molecule has 23 heavy (non-hydrogen) atoms. The highest BCUT2D eigenvalue weighted by molar-refractivity contribution is 7.10. The van der Waals surface area contributed by atoms with Gasteiger partial charge in [-0.05, 0) is 36.4 Å². The van der Waals surface area contributed by atoms with Crippen molar-refractivity contribution in [2.75, 3.05) is 18.5 Å². The van der Waals surface area contributed by atoms with Crippen LogP contribution in [0.5, 0.6) is 0 Å². The van der Waals surface area contributed by atoms with Gasteiger partial charge in [0.25, 0.3) is 0 Å². The van der Waals surface area contributed by atoms with Crippen LogP contribution in [0.3, 0.4) is 0 Å². The minimum absolute atomic E-state index is 0.0118. The molecule has 2 N–H and O–H groups in total. The Kier molecular flexibility index (Phi) is 3.63. The average molecular weight is 327 g/mol.